The Labute approximate surface area is 201 Å². The molecule has 0 saturated heterocycles. The molecule has 1 aromatic carbocycles. The largest absolute Gasteiger partial charge is 0.507 e. The second-order valence-electron chi connectivity index (χ2n) is 10.9. The zero-order valence-corrected chi connectivity index (χ0v) is 21.5. The SMILES string of the molecule is Cc1cc(-c2c([C@H](OC(C)(C)C)C(=O)O)c(C)nc3c2c(C)c(C)n3CC2CC2)cc(C)c1O. The van der Waals surface area contributed by atoms with Gasteiger partial charge in [-0.15, -0.1) is 0 Å². The summed E-state index contributed by atoms with van der Waals surface area (Å²) < 4.78 is 8.41. The molecule has 1 fully saturated rings. The molecule has 0 bridgehead atoms. The Morgan fingerprint density at radius 1 is 1.15 bits per heavy atom. The predicted octanol–water partition coefficient (Wildman–Crippen LogP) is 6.30. The number of nitrogens with zero attached hydrogens (tertiary/aromatic N) is 2. The van der Waals surface area contributed by atoms with Gasteiger partial charge in [-0.3, -0.25) is 0 Å². The lowest BCUT2D eigenvalue weighted by Gasteiger charge is -2.28. The minimum atomic E-state index is -1.17. The van der Waals surface area contributed by atoms with Gasteiger partial charge in [-0.05, 0) is 109 Å². The molecule has 1 aliphatic carbocycles. The molecular formula is C28H36N2O4. The number of carbonyl (C=O) groups is 1. The van der Waals surface area contributed by atoms with E-state index in [4.69, 9.17) is 9.72 Å². The van der Waals surface area contributed by atoms with Crippen LogP contribution in [0.1, 0.15) is 73.4 Å². The highest BCUT2D eigenvalue weighted by molar-refractivity contribution is 6.01. The first-order chi connectivity index (χ1) is 15.8. The number of phenolic OH excluding ortho intramolecular Hbond substituents is 1. The average molecular weight is 465 g/mol. The summed E-state index contributed by atoms with van der Waals surface area (Å²) in [6, 6.07) is 3.87. The molecule has 1 atom stereocenters. The van der Waals surface area contributed by atoms with Crippen LogP contribution in [0.25, 0.3) is 22.2 Å². The molecule has 6 nitrogen and oxygen atoms in total. The van der Waals surface area contributed by atoms with Crippen molar-refractivity contribution >= 4 is 17.0 Å². The number of aryl methyl sites for hydroxylation is 4. The number of carboxylic acid groups (broad SMARTS) is 1. The fourth-order valence-electron chi connectivity index (χ4n) is 4.88. The van der Waals surface area contributed by atoms with E-state index in [1.165, 1.54) is 12.8 Å². The Balaban J connectivity index is 2.13. The van der Waals surface area contributed by atoms with Gasteiger partial charge < -0.3 is 19.5 Å². The summed E-state index contributed by atoms with van der Waals surface area (Å²) in [6.07, 6.45) is 1.30. The number of ether oxygens (including phenoxy) is 1. The summed E-state index contributed by atoms with van der Waals surface area (Å²) >= 11 is 0. The predicted molar refractivity (Wildman–Crippen MR) is 134 cm³/mol. The van der Waals surface area contributed by atoms with Gasteiger partial charge in [-0.1, -0.05) is 0 Å². The second kappa shape index (κ2) is 8.42. The topological polar surface area (TPSA) is 84.6 Å². The van der Waals surface area contributed by atoms with E-state index in [1.807, 2.05) is 53.7 Å². The molecule has 34 heavy (non-hydrogen) atoms. The van der Waals surface area contributed by atoms with Gasteiger partial charge in [0.1, 0.15) is 11.4 Å². The van der Waals surface area contributed by atoms with Crippen LogP contribution in [-0.2, 0) is 16.1 Å². The fourth-order valence-corrected chi connectivity index (χ4v) is 4.88. The Morgan fingerprint density at radius 3 is 2.24 bits per heavy atom. The summed E-state index contributed by atoms with van der Waals surface area (Å²) in [5.41, 5.74) is 6.91. The smallest absolute Gasteiger partial charge is 0.337 e. The Morgan fingerprint density at radius 2 is 1.74 bits per heavy atom. The minimum Gasteiger partial charge on any atom is -0.507 e. The van der Waals surface area contributed by atoms with E-state index < -0.39 is 17.7 Å². The minimum absolute atomic E-state index is 0.257. The number of rotatable bonds is 6. The van der Waals surface area contributed by atoms with Crippen LogP contribution in [-0.4, -0.2) is 31.3 Å². The summed E-state index contributed by atoms with van der Waals surface area (Å²) in [5, 5.41) is 21.7. The number of hydrogen-bond acceptors (Lipinski definition) is 4. The van der Waals surface area contributed by atoms with Gasteiger partial charge >= 0.3 is 5.97 Å². The summed E-state index contributed by atoms with van der Waals surface area (Å²) in [7, 11) is 0. The van der Waals surface area contributed by atoms with Crippen molar-refractivity contribution in [3.05, 3.63) is 45.8 Å². The maximum Gasteiger partial charge on any atom is 0.337 e. The molecule has 4 rings (SSSR count). The molecule has 1 saturated carbocycles. The highest BCUT2D eigenvalue weighted by Crippen LogP contribution is 2.44. The van der Waals surface area contributed by atoms with Crippen molar-refractivity contribution in [2.75, 3.05) is 0 Å². The molecule has 2 heterocycles. The number of aliphatic carboxylic acids is 1. The van der Waals surface area contributed by atoms with Crippen molar-refractivity contribution in [1.82, 2.24) is 9.55 Å². The second-order valence-corrected chi connectivity index (χ2v) is 10.9. The van der Waals surface area contributed by atoms with Crippen molar-refractivity contribution in [3.63, 3.8) is 0 Å². The third-order valence-corrected chi connectivity index (χ3v) is 6.86. The highest BCUT2D eigenvalue weighted by Gasteiger charge is 2.34. The zero-order valence-electron chi connectivity index (χ0n) is 21.5. The normalized spacial score (nSPS) is 15.2. The van der Waals surface area contributed by atoms with Gasteiger partial charge in [0.05, 0.1) is 5.60 Å². The third-order valence-electron chi connectivity index (χ3n) is 6.86. The first-order valence-electron chi connectivity index (χ1n) is 12.0. The van der Waals surface area contributed by atoms with E-state index in [-0.39, 0.29) is 5.75 Å². The van der Waals surface area contributed by atoms with Gasteiger partial charge in [-0.2, -0.15) is 0 Å². The van der Waals surface area contributed by atoms with Crippen LogP contribution in [0.5, 0.6) is 5.75 Å². The third kappa shape index (κ3) is 4.31. The average Bonchev–Trinajstić information content (AvgIpc) is 3.52. The van der Waals surface area contributed by atoms with Gasteiger partial charge in [0.25, 0.3) is 0 Å². The van der Waals surface area contributed by atoms with E-state index in [0.717, 1.165) is 51.1 Å². The Hall–Kier alpha value is -2.86. The summed E-state index contributed by atoms with van der Waals surface area (Å²) in [5.74, 6) is -0.111. The van der Waals surface area contributed by atoms with E-state index in [0.29, 0.717) is 17.2 Å². The lowest BCUT2D eigenvalue weighted by atomic mass is 9.89. The van der Waals surface area contributed by atoms with Crippen molar-refractivity contribution in [2.24, 2.45) is 5.92 Å². The number of fused-ring (bicyclic) bond motifs is 1. The van der Waals surface area contributed by atoms with Crippen LogP contribution in [0.4, 0.5) is 0 Å². The summed E-state index contributed by atoms with van der Waals surface area (Å²) in [6.45, 7) is 16.3. The standard InChI is InChI=1S/C28H36N2O4/c1-14-11-20(12-15(2)24(14)31)23-21-16(3)18(5)30(13-19-9-10-19)26(21)29-17(4)22(23)25(27(32)33)34-28(6,7)8/h11-12,19,25,31H,9-10,13H2,1-8H3,(H,32,33)/t25-/m0/s1. The molecule has 2 aromatic heterocycles. The van der Waals surface area contributed by atoms with Crippen LogP contribution >= 0.6 is 0 Å². The molecule has 0 unspecified atom stereocenters. The van der Waals surface area contributed by atoms with Crippen LogP contribution in [0.2, 0.25) is 0 Å². The molecule has 0 spiro atoms. The van der Waals surface area contributed by atoms with Gasteiger partial charge in [0.2, 0.25) is 0 Å². The maximum atomic E-state index is 12.6. The van der Waals surface area contributed by atoms with E-state index in [9.17, 15) is 15.0 Å². The number of benzene rings is 1. The first-order valence-corrected chi connectivity index (χ1v) is 12.0. The van der Waals surface area contributed by atoms with Crippen LogP contribution in [0, 0.1) is 40.5 Å². The molecular weight excluding hydrogens is 428 g/mol. The molecule has 0 amide bonds. The number of aromatic nitrogens is 2. The number of carboxylic acids is 1. The molecule has 0 radical (unpaired) electrons. The lowest BCUT2D eigenvalue weighted by molar-refractivity contribution is -0.160. The zero-order chi connectivity index (χ0) is 25.1. The number of aromatic hydroxyl groups is 1. The number of hydrogen-bond donors (Lipinski definition) is 2. The van der Waals surface area contributed by atoms with E-state index in [2.05, 4.69) is 18.4 Å². The van der Waals surface area contributed by atoms with Crippen molar-refractivity contribution < 1.29 is 19.7 Å². The van der Waals surface area contributed by atoms with Gasteiger partial charge in [-0.25, -0.2) is 9.78 Å². The Bertz CT molecular complexity index is 1270. The molecule has 1 aliphatic rings. The molecule has 182 valence electrons. The monoisotopic (exact) mass is 464 g/mol. The Kier molecular flexibility index (Phi) is 6.01. The van der Waals surface area contributed by atoms with Crippen LogP contribution in [0.15, 0.2) is 12.1 Å². The lowest BCUT2D eigenvalue weighted by Crippen LogP contribution is -2.28. The van der Waals surface area contributed by atoms with Crippen molar-refractivity contribution in [1.29, 1.82) is 0 Å². The molecule has 3 aromatic rings. The van der Waals surface area contributed by atoms with Gasteiger partial charge in [0.15, 0.2) is 6.10 Å². The van der Waals surface area contributed by atoms with Crippen molar-refractivity contribution in [2.45, 2.75) is 86.5 Å². The van der Waals surface area contributed by atoms with Crippen molar-refractivity contribution in [3.8, 4) is 16.9 Å². The van der Waals surface area contributed by atoms with Crippen LogP contribution in [0.3, 0.4) is 0 Å². The molecule has 2 N–H and O–H groups in total. The molecule has 0 aliphatic heterocycles. The molecule has 6 heteroatoms. The maximum absolute atomic E-state index is 12.6. The highest BCUT2D eigenvalue weighted by atomic mass is 16.5. The summed E-state index contributed by atoms with van der Waals surface area (Å²) in [4.78, 5) is 17.5. The quantitative estimate of drug-likeness (QED) is 0.447. The van der Waals surface area contributed by atoms with E-state index in [1.54, 1.807) is 0 Å². The fraction of sp³-hybridized carbons (Fsp3) is 0.500. The van der Waals surface area contributed by atoms with E-state index >= 15 is 0 Å². The first kappa shape index (κ1) is 24.3. The van der Waals surface area contributed by atoms with Crippen LogP contribution < -0.4 is 0 Å². The number of pyridine rings is 1. The number of phenols is 1. The van der Waals surface area contributed by atoms with Gasteiger partial charge in [0, 0.05) is 34.4 Å².